The highest BCUT2D eigenvalue weighted by molar-refractivity contribution is 7.97. The molecule has 0 atom stereocenters. The first kappa shape index (κ1) is 16.3. The van der Waals surface area contributed by atoms with Crippen LogP contribution in [-0.2, 0) is 6.42 Å². The number of thiol groups is 1. The Bertz CT molecular complexity index is 356. The molecule has 0 aromatic heterocycles. The molecule has 0 bridgehead atoms. The minimum atomic E-state index is -0.154. The lowest BCUT2D eigenvalue weighted by Crippen LogP contribution is -1.91. The molecule has 0 radical (unpaired) electrons. The largest absolute Gasteiger partial charge is 0.282 e. The van der Waals surface area contributed by atoms with Gasteiger partial charge in [-0.25, -0.2) is 0 Å². The number of hydrogen-bond donors (Lipinski definition) is 1. The first-order valence-corrected chi connectivity index (χ1v) is 8.01. The summed E-state index contributed by atoms with van der Waals surface area (Å²) < 4.78 is 0. The summed E-state index contributed by atoms with van der Waals surface area (Å²) in [4.78, 5) is 11.0. The van der Waals surface area contributed by atoms with Crippen LogP contribution in [0.1, 0.15) is 74.2 Å². The van der Waals surface area contributed by atoms with E-state index < -0.39 is 0 Å². The molecule has 0 heterocycles. The third kappa shape index (κ3) is 7.41. The number of carbonyl (C=O) groups excluding carboxylic acids is 1. The summed E-state index contributed by atoms with van der Waals surface area (Å²) in [6.45, 7) is 2.26. The molecule has 1 nitrogen and oxygen atoms in total. The van der Waals surface area contributed by atoms with Crippen molar-refractivity contribution in [2.24, 2.45) is 0 Å². The Morgan fingerprint density at radius 3 is 1.95 bits per heavy atom. The SMILES string of the molecule is CCCCCCCCCCc1ccc(C(=O)S)cc1. The molecule has 2 heteroatoms. The van der Waals surface area contributed by atoms with E-state index in [2.05, 4.69) is 19.6 Å². The van der Waals surface area contributed by atoms with E-state index in [0.717, 1.165) is 6.42 Å². The quantitative estimate of drug-likeness (QED) is 0.445. The van der Waals surface area contributed by atoms with Crippen molar-refractivity contribution in [3.8, 4) is 0 Å². The predicted octanol–water partition coefficient (Wildman–Crippen LogP) is 5.44. The van der Waals surface area contributed by atoms with Crippen molar-refractivity contribution in [1.29, 1.82) is 0 Å². The second-order valence-corrected chi connectivity index (χ2v) is 5.63. The van der Waals surface area contributed by atoms with E-state index >= 15 is 0 Å². The molecular formula is C17H26OS. The van der Waals surface area contributed by atoms with Gasteiger partial charge in [0.15, 0.2) is 0 Å². The molecule has 0 N–H and O–H groups in total. The fourth-order valence-corrected chi connectivity index (χ4v) is 2.43. The van der Waals surface area contributed by atoms with Crippen LogP contribution in [0.25, 0.3) is 0 Å². The first-order valence-electron chi connectivity index (χ1n) is 7.56. The average Bonchev–Trinajstić information content (AvgIpc) is 2.42. The van der Waals surface area contributed by atoms with Gasteiger partial charge >= 0.3 is 0 Å². The van der Waals surface area contributed by atoms with Crippen LogP contribution in [0.4, 0.5) is 0 Å². The summed E-state index contributed by atoms with van der Waals surface area (Å²) in [5, 5.41) is -0.154. The molecule has 0 fully saturated rings. The standard InChI is InChI=1S/C17H26OS/c1-2-3-4-5-6-7-8-9-10-15-11-13-16(14-12-15)17(18)19/h11-14H,2-10H2,1H3,(H,18,19). The monoisotopic (exact) mass is 278 g/mol. The molecule has 0 aliphatic rings. The van der Waals surface area contributed by atoms with E-state index in [9.17, 15) is 4.79 Å². The maximum absolute atomic E-state index is 11.0. The summed E-state index contributed by atoms with van der Waals surface area (Å²) in [6.07, 6.45) is 11.9. The summed E-state index contributed by atoms with van der Waals surface area (Å²) in [7, 11) is 0. The van der Waals surface area contributed by atoms with E-state index in [1.165, 1.54) is 56.9 Å². The van der Waals surface area contributed by atoms with Gasteiger partial charge in [0.1, 0.15) is 0 Å². The summed E-state index contributed by atoms with van der Waals surface area (Å²) in [5.74, 6) is 0. The van der Waals surface area contributed by atoms with Crippen LogP contribution < -0.4 is 0 Å². The minimum absolute atomic E-state index is 0.154. The van der Waals surface area contributed by atoms with Crippen molar-refractivity contribution < 1.29 is 4.79 Å². The number of rotatable bonds is 10. The highest BCUT2D eigenvalue weighted by Crippen LogP contribution is 2.12. The predicted molar refractivity (Wildman–Crippen MR) is 86.1 cm³/mol. The van der Waals surface area contributed by atoms with Crippen LogP contribution >= 0.6 is 12.6 Å². The molecule has 0 aliphatic heterocycles. The van der Waals surface area contributed by atoms with Crippen molar-refractivity contribution in [3.63, 3.8) is 0 Å². The van der Waals surface area contributed by atoms with Crippen molar-refractivity contribution in [2.75, 3.05) is 0 Å². The Balaban J connectivity index is 2.07. The van der Waals surface area contributed by atoms with Gasteiger partial charge in [0.25, 0.3) is 0 Å². The molecule has 106 valence electrons. The topological polar surface area (TPSA) is 17.1 Å². The number of unbranched alkanes of at least 4 members (excludes halogenated alkanes) is 7. The smallest absolute Gasteiger partial charge is 0.216 e. The zero-order valence-corrected chi connectivity index (χ0v) is 12.9. The molecule has 1 aromatic carbocycles. The molecule has 0 spiro atoms. The van der Waals surface area contributed by atoms with Crippen molar-refractivity contribution in [1.82, 2.24) is 0 Å². The van der Waals surface area contributed by atoms with E-state index in [4.69, 9.17) is 0 Å². The second-order valence-electron chi connectivity index (χ2n) is 5.23. The molecule has 0 amide bonds. The third-order valence-corrected chi connectivity index (χ3v) is 3.78. The van der Waals surface area contributed by atoms with Crippen molar-refractivity contribution in [2.45, 2.75) is 64.7 Å². The van der Waals surface area contributed by atoms with E-state index in [-0.39, 0.29) is 5.12 Å². The second kappa shape index (κ2) is 10.1. The van der Waals surface area contributed by atoms with Crippen LogP contribution in [0.15, 0.2) is 24.3 Å². The highest BCUT2D eigenvalue weighted by atomic mass is 32.1. The van der Waals surface area contributed by atoms with Crippen molar-refractivity contribution >= 4 is 17.7 Å². The molecule has 0 aliphatic carbocycles. The summed E-state index contributed by atoms with van der Waals surface area (Å²) in [5.41, 5.74) is 2.01. The number of hydrogen-bond acceptors (Lipinski definition) is 1. The molecular weight excluding hydrogens is 252 g/mol. The van der Waals surface area contributed by atoms with Gasteiger partial charge in [0, 0.05) is 5.56 Å². The van der Waals surface area contributed by atoms with Gasteiger partial charge in [-0.15, -0.1) is 12.6 Å². The Kier molecular flexibility index (Phi) is 8.64. The van der Waals surface area contributed by atoms with Crippen LogP contribution in [0.3, 0.4) is 0 Å². The summed E-state index contributed by atoms with van der Waals surface area (Å²) in [6, 6.07) is 7.83. The third-order valence-electron chi connectivity index (χ3n) is 3.52. The van der Waals surface area contributed by atoms with Crippen LogP contribution in [0, 0.1) is 0 Å². The van der Waals surface area contributed by atoms with E-state index in [1.807, 2.05) is 24.3 Å². The van der Waals surface area contributed by atoms with Gasteiger partial charge < -0.3 is 0 Å². The van der Waals surface area contributed by atoms with Gasteiger partial charge in [-0.1, -0.05) is 76.1 Å². The highest BCUT2D eigenvalue weighted by Gasteiger charge is 1.99. The van der Waals surface area contributed by atoms with Gasteiger partial charge in [0.2, 0.25) is 5.12 Å². The lowest BCUT2D eigenvalue weighted by atomic mass is 10.0. The van der Waals surface area contributed by atoms with Crippen LogP contribution in [0.5, 0.6) is 0 Å². The minimum Gasteiger partial charge on any atom is -0.282 e. The molecule has 19 heavy (non-hydrogen) atoms. The van der Waals surface area contributed by atoms with Gasteiger partial charge in [-0.3, -0.25) is 4.79 Å². The van der Waals surface area contributed by atoms with Crippen LogP contribution in [0.2, 0.25) is 0 Å². The van der Waals surface area contributed by atoms with Gasteiger partial charge in [-0.2, -0.15) is 0 Å². The number of carbonyl (C=O) groups is 1. The molecule has 0 unspecified atom stereocenters. The van der Waals surface area contributed by atoms with Gasteiger partial charge in [0.05, 0.1) is 0 Å². The molecule has 0 saturated carbocycles. The summed E-state index contributed by atoms with van der Waals surface area (Å²) >= 11 is 3.82. The zero-order valence-electron chi connectivity index (χ0n) is 12.0. The Labute approximate surface area is 123 Å². The maximum atomic E-state index is 11.0. The molecule has 1 aromatic rings. The Hall–Kier alpha value is -0.760. The Morgan fingerprint density at radius 2 is 1.42 bits per heavy atom. The lowest BCUT2D eigenvalue weighted by Gasteiger charge is -2.03. The fourth-order valence-electron chi connectivity index (χ4n) is 2.28. The fraction of sp³-hybridized carbons (Fsp3) is 0.588. The zero-order chi connectivity index (χ0) is 13.9. The van der Waals surface area contributed by atoms with Crippen LogP contribution in [-0.4, -0.2) is 5.12 Å². The number of aryl methyl sites for hydroxylation is 1. The molecule has 1 rings (SSSR count). The molecule has 0 saturated heterocycles. The van der Waals surface area contributed by atoms with E-state index in [0.29, 0.717) is 5.56 Å². The Morgan fingerprint density at radius 1 is 0.895 bits per heavy atom. The van der Waals surface area contributed by atoms with Crippen molar-refractivity contribution in [3.05, 3.63) is 35.4 Å². The van der Waals surface area contributed by atoms with Gasteiger partial charge in [-0.05, 0) is 18.4 Å². The first-order chi connectivity index (χ1) is 9.24. The maximum Gasteiger partial charge on any atom is 0.216 e. The average molecular weight is 278 g/mol. The lowest BCUT2D eigenvalue weighted by molar-refractivity contribution is 0.109. The normalized spacial score (nSPS) is 10.6. The van der Waals surface area contributed by atoms with E-state index in [1.54, 1.807) is 0 Å². The number of benzene rings is 1.